The van der Waals surface area contributed by atoms with E-state index >= 15 is 0 Å². The zero-order chi connectivity index (χ0) is 19.4. The van der Waals surface area contributed by atoms with E-state index < -0.39 is 12.6 Å². The Kier molecular flexibility index (Phi) is 6.45. The lowest BCUT2D eigenvalue weighted by atomic mass is 10.1. The van der Waals surface area contributed by atoms with E-state index in [4.69, 9.17) is 21.1 Å². The summed E-state index contributed by atoms with van der Waals surface area (Å²) in [4.78, 5) is 24.5. The van der Waals surface area contributed by atoms with Crippen LogP contribution in [0.25, 0.3) is 0 Å². The minimum Gasteiger partial charge on any atom is -0.507 e. The third-order valence-corrected chi connectivity index (χ3v) is 4.38. The molecule has 6 nitrogen and oxygen atoms in total. The summed E-state index contributed by atoms with van der Waals surface area (Å²) in [6.07, 6.45) is 0. The number of hydrogen-bond donors (Lipinski definition) is 1. The van der Waals surface area contributed by atoms with E-state index in [1.807, 2.05) is 25.3 Å². The van der Waals surface area contributed by atoms with Crippen molar-refractivity contribution in [1.82, 2.24) is 4.57 Å². The number of nitrogens with zero attached hydrogens (tertiary/aromatic N) is 1. The number of phenolic OH excluding ortho intramolecular Hbond substituents is 1. The second-order valence-electron chi connectivity index (χ2n) is 6.12. The molecule has 0 saturated heterocycles. The maximum absolute atomic E-state index is 12.5. The normalized spacial score (nSPS) is 12.0. The summed E-state index contributed by atoms with van der Waals surface area (Å²) in [5.41, 5.74) is 2.18. The fraction of sp³-hybridized carbons (Fsp3) is 0.368. The van der Waals surface area contributed by atoms with Crippen molar-refractivity contribution in [1.29, 1.82) is 0 Å². The molecule has 0 amide bonds. The molecule has 140 valence electrons. The average Bonchev–Trinajstić information content (AvgIpc) is 2.87. The van der Waals surface area contributed by atoms with Gasteiger partial charge in [0.25, 0.3) is 0 Å². The first-order chi connectivity index (χ1) is 12.3. The number of ketones is 1. The molecular weight excluding hydrogens is 358 g/mol. The lowest BCUT2D eigenvalue weighted by Crippen LogP contribution is -2.17. The summed E-state index contributed by atoms with van der Waals surface area (Å²) in [5, 5.41) is 10.1. The van der Waals surface area contributed by atoms with Gasteiger partial charge in [-0.25, -0.2) is 4.79 Å². The number of carbonyl (C=O) groups is 2. The van der Waals surface area contributed by atoms with Gasteiger partial charge >= 0.3 is 5.97 Å². The van der Waals surface area contributed by atoms with E-state index in [0.717, 1.165) is 11.4 Å². The minimum atomic E-state index is -0.783. The number of ether oxygens (including phenoxy) is 2. The first kappa shape index (κ1) is 20.0. The monoisotopic (exact) mass is 379 g/mol. The Balaban J connectivity index is 2.11. The molecular formula is C19H22ClNO5. The van der Waals surface area contributed by atoms with Gasteiger partial charge in [0.2, 0.25) is 5.78 Å². The van der Waals surface area contributed by atoms with Gasteiger partial charge in [0, 0.05) is 29.1 Å². The van der Waals surface area contributed by atoms with Gasteiger partial charge in [0.1, 0.15) is 11.3 Å². The predicted octanol–water partition coefficient (Wildman–Crippen LogP) is 3.71. The number of rotatable bonds is 7. The molecule has 1 aromatic heterocycles. The molecule has 0 bridgehead atoms. The van der Waals surface area contributed by atoms with Crippen LogP contribution < -0.4 is 0 Å². The van der Waals surface area contributed by atoms with Gasteiger partial charge in [0.05, 0.1) is 12.6 Å². The van der Waals surface area contributed by atoms with Crippen molar-refractivity contribution in [3.63, 3.8) is 0 Å². The molecule has 2 rings (SSSR count). The SMILES string of the molecule is COC[C@H](C)n1c(C)cc(C(=O)COC(=O)c2ccc(Cl)cc2O)c1C. The minimum absolute atomic E-state index is 0.0404. The molecule has 0 saturated carbocycles. The summed E-state index contributed by atoms with van der Waals surface area (Å²) >= 11 is 5.73. The van der Waals surface area contributed by atoms with Crippen LogP contribution in [0.3, 0.4) is 0 Å². The Labute approximate surface area is 157 Å². The Morgan fingerprint density at radius 2 is 1.92 bits per heavy atom. The lowest BCUT2D eigenvalue weighted by molar-refractivity contribution is 0.0471. The maximum Gasteiger partial charge on any atom is 0.342 e. The summed E-state index contributed by atoms with van der Waals surface area (Å²) in [6, 6.07) is 5.91. The zero-order valence-corrected chi connectivity index (χ0v) is 16.0. The number of benzene rings is 1. The number of aryl methyl sites for hydroxylation is 1. The van der Waals surface area contributed by atoms with Crippen molar-refractivity contribution < 1.29 is 24.2 Å². The smallest absolute Gasteiger partial charge is 0.342 e. The van der Waals surface area contributed by atoms with Gasteiger partial charge in [-0.3, -0.25) is 4.79 Å². The van der Waals surface area contributed by atoms with Gasteiger partial charge < -0.3 is 19.1 Å². The van der Waals surface area contributed by atoms with Crippen LogP contribution >= 0.6 is 11.6 Å². The third-order valence-electron chi connectivity index (χ3n) is 4.15. The molecule has 0 unspecified atom stereocenters. The average molecular weight is 380 g/mol. The van der Waals surface area contributed by atoms with Gasteiger partial charge in [-0.15, -0.1) is 0 Å². The van der Waals surface area contributed by atoms with Gasteiger partial charge in [0.15, 0.2) is 6.61 Å². The highest BCUT2D eigenvalue weighted by Gasteiger charge is 2.21. The summed E-state index contributed by atoms with van der Waals surface area (Å²) < 4.78 is 12.2. The van der Waals surface area contributed by atoms with Crippen molar-refractivity contribution in [2.75, 3.05) is 20.3 Å². The highest BCUT2D eigenvalue weighted by Crippen LogP contribution is 2.24. The van der Waals surface area contributed by atoms with Crippen LogP contribution in [-0.2, 0) is 9.47 Å². The molecule has 2 aromatic rings. The van der Waals surface area contributed by atoms with Crippen molar-refractivity contribution >= 4 is 23.4 Å². The molecule has 0 spiro atoms. The standard InChI is InChI=1S/C19H22ClNO5/c1-11-7-16(13(3)21(11)12(2)9-25-4)18(23)10-26-19(24)15-6-5-14(20)8-17(15)22/h5-8,12,22H,9-10H2,1-4H3/t12-/m0/s1. The summed E-state index contributed by atoms with van der Waals surface area (Å²) in [6.45, 7) is 5.87. The van der Waals surface area contributed by atoms with Gasteiger partial charge in [-0.05, 0) is 45.0 Å². The second-order valence-corrected chi connectivity index (χ2v) is 6.56. The number of Topliss-reactive ketones (excluding diaryl/α,β-unsaturated/α-hetero) is 1. The van der Waals surface area contributed by atoms with Crippen molar-refractivity contribution in [2.45, 2.75) is 26.8 Å². The quantitative estimate of drug-likeness (QED) is 0.586. The number of carbonyl (C=O) groups excluding carboxylic acids is 2. The van der Waals surface area contributed by atoms with Crippen molar-refractivity contribution in [3.8, 4) is 5.75 Å². The van der Waals surface area contributed by atoms with Crippen LogP contribution in [0.4, 0.5) is 0 Å². The number of halogens is 1. The van der Waals surface area contributed by atoms with E-state index in [0.29, 0.717) is 17.2 Å². The van der Waals surface area contributed by atoms with Gasteiger partial charge in [-0.2, -0.15) is 0 Å². The molecule has 26 heavy (non-hydrogen) atoms. The van der Waals surface area contributed by atoms with Crippen LogP contribution in [-0.4, -0.2) is 41.7 Å². The topological polar surface area (TPSA) is 77.8 Å². The van der Waals surface area contributed by atoms with Crippen LogP contribution in [0.5, 0.6) is 5.75 Å². The van der Waals surface area contributed by atoms with E-state index in [1.54, 1.807) is 13.2 Å². The molecule has 1 atom stereocenters. The molecule has 1 N–H and O–H groups in total. The predicted molar refractivity (Wildman–Crippen MR) is 98.2 cm³/mol. The van der Waals surface area contributed by atoms with Crippen molar-refractivity contribution in [3.05, 3.63) is 51.8 Å². The maximum atomic E-state index is 12.5. The number of methoxy groups -OCH3 is 1. The Bertz CT molecular complexity index is 828. The van der Waals surface area contributed by atoms with Crippen LogP contribution in [0.15, 0.2) is 24.3 Å². The Hall–Kier alpha value is -2.31. The fourth-order valence-corrected chi connectivity index (χ4v) is 3.18. The highest BCUT2D eigenvalue weighted by molar-refractivity contribution is 6.30. The van der Waals surface area contributed by atoms with Crippen LogP contribution in [0.2, 0.25) is 5.02 Å². The lowest BCUT2D eigenvalue weighted by Gasteiger charge is -2.17. The summed E-state index contributed by atoms with van der Waals surface area (Å²) in [5.74, 6) is -1.38. The fourth-order valence-electron chi connectivity index (χ4n) is 3.02. The number of aromatic nitrogens is 1. The summed E-state index contributed by atoms with van der Waals surface area (Å²) in [7, 11) is 1.63. The number of hydrogen-bond acceptors (Lipinski definition) is 5. The van der Waals surface area contributed by atoms with E-state index in [-0.39, 0.29) is 23.1 Å². The molecule has 0 radical (unpaired) electrons. The van der Waals surface area contributed by atoms with E-state index in [1.165, 1.54) is 18.2 Å². The highest BCUT2D eigenvalue weighted by atomic mass is 35.5. The largest absolute Gasteiger partial charge is 0.507 e. The van der Waals surface area contributed by atoms with E-state index in [9.17, 15) is 14.7 Å². The van der Waals surface area contributed by atoms with E-state index in [2.05, 4.69) is 0 Å². The van der Waals surface area contributed by atoms with Gasteiger partial charge in [-0.1, -0.05) is 11.6 Å². The van der Waals surface area contributed by atoms with Crippen molar-refractivity contribution in [2.24, 2.45) is 0 Å². The number of aromatic hydroxyl groups is 1. The molecule has 0 aliphatic heterocycles. The van der Waals surface area contributed by atoms with Crippen LogP contribution in [0, 0.1) is 13.8 Å². The molecule has 0 fully saturated rings. The molecule has 0 aliphatic rings. The molecule has 1 aromatic carbocycles. The molecule has 0 aliphatic carbocycles. The molecule has 1 heterocycles. The first-order valence-corrected chi connectivity index (χ1v) is 8.50. The first-order valence-electron chi connectivity index (χ1n) is 8.12. The van der Waals surface area contributed by atoms with Crippen LogP contribution in [0.1, 0.15) is 45.1 Å². The Morgan fingerprint density at radius 3 is 2.54 bits per heavy atom. The zero-order valence-electron chi connectivity index (χ0n) is 15.2. The number of esters is 1. The Morgan fingerprint density at radius 1 is 1.23 bits per heavy atom. The second kappa shape index (κ2) is 8.38. The molecule has 7 heteroatoms. The third kappa shape index (κ3) is 4.26. The number of phenols is 1.